The highest BCUT2D eigenvalue weighted by Crippen LogP contribution is 2.19. The highest BCUT2D eigenvalue weighted by molar-refractivity contribution is 5.81. The summed E-state index contributed by atoms with van der Waals surface area (Å²) in [7, 11) is 0. The quantitative estimate of drug-likeness (QED) is 0.669. The number of hydrogen-bond donors (Lipinski definition) is 0. The topological polar surface area (TPSA) is 66.9 Å². The zero-order valence-corrected chi connectivity index (χ0v) is 7.23. The number of nitriles is 1. The first-order chi connectivity index (χ1) is 6.85. The van der Waals surface area contributed by atoms with E-state index in [4.69, 9.17) is 9.68 Å². The third-order valence-corrected chi connectivity index (χ3v) is 1.88. The van der Waals surface area contributed by atoms with E-state index in [0.29, 0.717) is 17.4 Å². The minimum Gasteiger partial charge on any atom is -0.434 e. The summed E-state index contributed by atoms with van der Waals surface area (Å²) in [4.78, 5) is 14.4. The molecule has 0 fully saturated rings. The zero-order valence-electron chi connectivity index (χ0n) is 7.23. The molecule has 0 atom stereocenters. The van der Waals surface area contributed by atoms with Gasteiger partial charge in [-0.15, -0.1) is 0 Å². The molecule has 0 spiro atoms. The molecule has 0 saturated heterocycles. The van der Waals surface area contributed by atoms with Crippen molar-refractivity contribution in [3.8, 4) is 6.07 Å². The van der Waals surface area contributed by atoms with Crippen molar-refractivity contribution >= 4 is 17.4 Å². The second-order valence-corrected chi connectivity index (χ2v) is 2.77. The molecule has 0 aliphatic heterocycles. The molecular formula is C10H6N2O2. The monoisotopic (exact) mass is 186 g/mol. The Bertz CT molecular complexity index is 522. The van der Waals surface area contributed by atoms with Crippen molar-refractivity contribution in [3.63, 3.8) is 0 Å². The summed E-state index contributed by atoms with van der Waals surface area (Å²) in [6.07, 6.45) is 0.807. The van der Waals surface area contributed by atoms with E-state index in [1.54, 1.807) is 18.2 Å². The van der Waals surface area contributed by atoms with Gasteiger partial charge in [-0.2, -0.15) is 5.26 Å². The van der Waals surface area contributed by atoms with Crippen molar-refractivity contribution in [2.75, 3.05) is 0 Å². The molecule has 0 aliphatic carbocycles. The Hall–Kier alpha value is -2.15. The Kier molecular flexibility index (Phi) is 1.99. The van der Waals surface area contributed by atoms with Gasteiger partial charge in [0, 0.05) is 5.56 Å². The number of oxazole rings is 1. The highest BCUT2D eigenvalue weighted by Gasteiger charge is 2.08. The summed E-state index contributed by atoms with van der Waals surface area (Å²) in [5, 5.41) is 8.56. The van der Waals surface area contributed by atoms with Gasteiger partial charge in [0.05, 0.1) is 12.5 Å². The summed E-state index contributed by atoms with van der Waals surface area (Å²) >= 11 is 0. The van der Waals surface area contributed by atoms with E-state index in [1.165, 1.54) is 0 Å². The number of benzene rings is 1. The average molecular weight is 186 g/mol. The van der Waals surface area contributed by atoms with Gasteiger partial charge in [-0.05, 0) is 6.07 Å². The standard InChI is InChI=1S/C10H6N2O2/c11-5-4-7-2-1-3-8-10(7)14-9(6-13)12-8/h1-3,6H,4H2. The highest BCUT2D eigenvalue weighted by atomic mass is 16.4. The first kappa shape index (κ1) is 8.45. The van der Waals surface area contributed by atoms with Crippen molar-refractivity contribution in [2.45, 2.75) is 6.42 Å². The van der Waals surface area contributed by atoms with Crippen molar-refractivity contribution in [2.24, 2.45) is 0 Å². The van der Waals surface area contributed by atoms with E-state index in [0.717, 1.165) is 5.56 Å². The van der Waals surface area contributed by atoms with Crippen LogP contribution in [-0.2, 0) is 6.42 Å². The molecule has 0 amide bonds. The summed E-state index contributed by atoms with van der Waals surface area (Å²) in [6, 6.07) is 7.34. The van der Waals surface area contributed by atoms with Crippen molar-refractivity contribution in [3.05, 3.63) is 29.7 Å². The smallest absolute Gasteiger partial charge is 0.260 e. The molecule has 1 aromatic heterocycles. The fourth-order valence-corrected chi connectivity index (χ4v) is 1.30. The third-order valence-electron chi connectivity index (χ3n) is 1.88. The van der Waals surface area contributed by atoms with Crippen LogP contribution in [0.1, 0.15) is 16.2 Å². The van der Waals surface area contributed by atoms with E-state index < -0.39 is 0 Å². The molecule has 14 heavy (non-hydrogen) atoms. The van der Waals surface area contributed by atoms with Gasteiger partial charge in [0.1, 0.15) is 5.52 Å². The number of aromatic nitrogens is 1. The Labute approximate surface area is 79.8 Å². The van der Waals surface area contributed by atoms with E-state index in [2.05, 4.69) is 4.98 Å². The Morgan fingerprint density at radius 1 is 1.57 bits per heavy atom. The molecule has 0 saturated carbocycles. The van der Waals surface area contributed by atoms with Crippen molar-refractivity contribution in [1.29, 1.82) is 5.26 Å². The molecular weight excluding hydrogens is 180 g/mol. The number of carbonyl (C=O) groups excluding carboxylic acids is 1. The number of fused-ring (bicyclic) bond motifs is 1. The van der Waals surface area contributed by atoms with Crippen molar-refractivity contribution in [1.82, 2.24) is 4.98 Å². The summed E-state index contributed by atoms with van der Waals surface area (Å²) < 4.78 is 5.17. The van der Waals surface area contributed by atoms with Gasteiger partial charge in [-0.1, -0.05) is 12.1 Å². The number of aldehydes is 1. The number of carbonyl (C=O) groups is 1. The minimum atomic E-state index is 0.0467. The van der Waals surface area contributed by atoms with E-state index >= 15 is 0 Å². The van der Waals surface area contributed by atoms with Gasteiger partial charge in [0.25, 0.3) is 5.89 Å². The molecule has 1 aromatic carbocycles. The van der Waals surface area contributed by atoms with Crippen LogP contribution in [0.5, 0.6) is 0 Å². The summed E-state index contributed by atoms with van der Waals surface area (Å²) in [6.45, 7) is 0. The zero-order chi connectivity index (χ0) is 9.97. The lowest BCUT2D eigenvalue weighted by atomic mass is 10.1. The lowest BCUT2D eigenvalue weighted by Crippen LogP contribution is -1.81. The van der Waals surface area contributed by atoms with Gasteiger partial charge in [-0.25, -0.2) is 4.98 Å². The van der Waals surface area contributed by atoms with Crippen LogP contribution in [0.15, 0.2) is 22.6 Å². The van der Waals surface area contributed by atoms with Crippen LogP contribution in [0, 0.1) is 11.3 Å². The molecule has 0 radical (unpaired) electrons. The molecule has 4 heteroatoms. The normalized spacial score (nSPS) is 9.93. The van der Waals surface area contributed by atoms with E-state index in [9.17, 15) is 4.79 Å². The van der Waals surface area contributed by atoms with Crippen LogP contribution in [0.4, 0.5) is 0 Å². The van der Waals surface area contributed by atoms with Gasteiger partial charge in [0.2, 0.25) is 6.29 Å². The van der Waals surface area contributed by atoms with Gasteiger partial charge in [-0.3, -0.25) is 4.79 Å². The molecule has 4 nitrogen and oxygen atoms in total. The summed E-state index contributed by atoms with van der Waals surface area (Å²) in [5.41, 5.74) is 1.89. The number of hydrogen-bond acceptors (Lipinski definition) is 4. The molecule has 1 heterocycles. The van der Waals surface area contributed by atoms with Crippen LogP contribution < -0.4 is 0 Å². The van der Waals surface area contributed by atoms with Crippen LogP contribution >= 0.6 is 0 Å². The lowest BCUT2D eigenvalue weighted by molar-refractivity contribution is 0.109. The maximum atomic E-state index is 10.4. The molecule has 0 bridgehead atoms. The Balaban J connectivity index is 2.67. The number of rotatable bonds is 2. The lowest BCUT2D eigenvalue weighted by Gasteiger charge is -1.92. The third kappa shape index (κ3) is 1.25. The van der Waals surface area contributed by atoms with Crippen LogP contribution in [-0.4, -0.2) is 11.3 Å². The Morgan fingerprint density at radius 3 is 3.14 bits per heavy atom. The van der Waals surface area contributed by atoms with Crippen LogP contribution in [0.2, 0.25) is 0 Å². The maximum Gasteiger partial charge on any atom is 0.260 e. The van der Waals surface area contributed by atoms with E-state index in [1.807, 2.05) is 6.07 Å². The predicted octanol–water partition coefficient (Wildman–Crippen LogP) is 1.71. The largest absolute Gasteiger partial charge is 0.434 e. The molecule has 0 N–H and O–H groups in total. The average Bonchev–Trinajstić information content (AvgIpc) is 2.62. The molecule has 0 aliphatic rings. The minimum absolute atomic E-state index is 0.0467. The number of nitrogens with zero attached hydrogens (tertiary/aromatic N) is 2. The first-order valence-corrected chi connectivity index (χ1v) is 4.05. The summed E-state index contributed by atoms with van der Waals surface area (Å²) in [5.74, 6) is 0.0467. The second kappa shape index (κ2) is 3.30. The maximum absolute atomic E-state index is 10.4. The molecule has 0 unspecified atom stereocenters. The van der Waals surface area contributed by atoms with Gasteiger partial charge >= 0.3 is 0 Å². The number of para-hydroxylation sites is 1. The first-order valence-electron chi connectivity index (χ1n) is 4.05. The Morgan fingerprint density at radius 2 is 2.43 bits per heavy atom. The fraction of sp³-hybridized carbons (Fsp3) is 0.100. The SMILES string of the molecule is N#CCc1cccc2nc(C=O)oc12. The van der Waals surface area contributed by atoms with Gasteiger partial charge < -0.3 is 4.42 Å². The second-order valence-electron chi connectivity index (χ2n) is 2.77. The molecule has 2 rings (SSSR count). The van der Waals surface area contributed by atoms with Crippen LogP contribution in [0.25, 0.3) is 11.1 Å². The van der Waals surface area contributed by atoms with Crippen molar-refractivity contribution < 1.29 is 9.21 Å². The molecule has 2 aromatic rings. The molecule has 68 valence electrons. The van der Waals surface area contributed by atoms with Crippen LogP contribution in [0.3, 0.4) is 0 Å². The van der Waals surface area contributed by atoms with Gasteiger partial charge in [0.15, 0.2) is 5.58 Å². The fourth-order valence-electron chi connectivity index (χ4n) is 1.30. The predicted molar refractivity (Wildman–Crippen MR) is 48.7 cm³/mol. The van der Waals surface area contributed by atoms with E-state index in [-0.39, 0.29) is 12.3 Å².